The average molecular weight is 184 g/mol. The van der Waals surface area contributed by atoms with Crippen LogP contribution in [-0.2, 0) is 0 Å². The Morgan fingerprint density at radius 3 is 2.78 bits per heavy atom. The van der Waals surface area contributed by atoms with Crippen LogP contribution in [0, 0.1) is 6.08 Å². The molecular formula is C8H8Br+. The SMILES string of the molecule is CC(Br)C1=CC=C[C+]=C1. The lowest BCUT2D eigenvalue weighted by Crippen LogP contribution is -1.93. The van der Waals surface area contributed by atoms with Gasteiger partial charge in [0, 0.05) is 12.2 Å². The molecule has 46 valence electrons. The summed E-state index contributed by atoms with van der Waals surface area (Å²) in [5, 5.41) is 0. The van der Waals surface area contributed by atoms with Crippen LogP contribution in [0.5, 0.6) is 0 Å². The molecule has 0 aromatic heterocycles. The Morgan fingerprint density at radius 2 is 2.44 bits per heavy atom. The fourth-order valence-corrected chi connectivity index (χ4v) is 0.939. The fraction of sp³-hybridized carbons (Fsp3) is 0.250. The summed E-state index contributed by atoms with van der Waals surface area (Å²) in [7, 11) is 0. The van der Waals surface area contributed by atoms with E-state index in [0.29, 0.717) is 4.83 Å². The van der Waals surface area contributed by atoms with Crippen molar-refractivity contribution in [3.05, 3.63) is 36.0 Å². The van der Waals surface area contributed by atoms with Crippen LogP contribution in [0.25, 0.3) is 0 Å². The zero-order chi connectivity index (χ0) is 6.69. The second kappa shape index (κ2) is 2.95. The molecule has 0 heterocycles. The molecule has 0 spiro atoms. The predicted molar refractivity (Wildman–Crippen MR) is 43.4 cm³/mol. The van der Waals surface area contributed by atoms with Gasteiger partial charge in [0.2, 0.25) is 0 Å². The third-order valence-electron chi connectivity index (χ3n) is 1.19. The van der Waals surface area contributed by atoms with Gasteiger partial charge in [-0.1, -0.05) is 15.9 Å². The number of alkyl halides is 1. The van der Waals surface area contributed by atoms with Crippen molar-refractivity contribution >= 4 is 15.9 Å². The number of allylic oxidation sites excluding steroid dienone is 6. The van der Waals surface area contributed by atoms with Crippen molar-refractivity contribution in [1.29, 1.82) is 0 Å². The van der Waals surface area contributed by atoms with Gasteiger partial charge in [-0.15, -0.1) is 0 Å². The molecule has 0 nitrogen and oxygen atoms in total. The maximum Gasteiger partial charge on any atom is 0.107 e. The van der Waals surface area contributed by atoms with E-state index in [0.717, 1.165) is 0 Å². The lowest BCUT2D eigenvalue weighted by atomic mass is 10.1. The molecule has 1 rings (SSSR count). The zero-order valence-corrected chi connectivity index (χ0v) is 6.85. The topological polar surface area (TPSA) is 0 Å². The second-order valence-corrected chi connectivity index (χ2v) is 3.33. The van der Waals surface area contributed by atoms with Crippen molar-refractivity contribution in [3.63, 3.8) is 0 Å². The number of halogens is 1. The number of hydrogen-bond donors (Lipinski definition) is 0. The third kappa shape index (κ3) is 1.78. The first-order valence-corrected chi connectivity index (χ1v) is 3.82. The van der Waals surface area contributed by atoms with E-state index in [1.54, 1.807) is 0 Å². The first kappa shape index (κ1) is 6.73. The summed E-state index contributed by atoms with van der Waals surface area (Å²) in [5.74, 6) is 0. The highest BCUT2D eigenvalue weighted by molar-refractivity contribution is 9.09. The van der Waals surface area contributed by atoms with Crippen molar-refractivity contribution in [2.45, 2.75) is 11.8 Å². The van der Waals surface area contributed by atoms with Crippen LogP contribution in [-0.4, -0.2) is 4.83 Å². The number of rotatable bonds is 1. The molecule has 1 heteroatoms. The molecule has 0 bridgehead atoms. The van der Waals surface area contributed by atoms with Crippen molar-refractivity contribution < 1.29 is 0 Å². The van der Waals surface area contributed by atoms with Gasteiger partial charge in [-0.3, -0.25) is 0 Å². The molecule has 9 heavy (non-hydrogen) atoms. The third-order valence-corrected chi connectivity index (χ3v) is 1.72. The van der Waals surface area contributed by atoms with Gasteiger partial charge in [-0.05, 0) is 6.92 Å². The van der Waals surface area contributed by atoms with Crippen LogP contribution in [0.1, 0.15) is 6.92 Å². The lowest BCUT2D eigenvalue weighted by Gasteiger charge is -1.95. The van der Waals surface area contributed by atoms with E-state index in [2.05, 4.69) is 35.0 Å². The molecule has 0 aromatic carbocycles. The quantitative estimate of drug-likeness (QED) is 0.434. The summed E-state index contributed by atoms with van der Waals surface area (Å²) in [6.45, 7) is 2.10. The Hall–Kier alpha value is -0.390. The highest BCUT2D eigenvalue weighted by atomic mass is 79.9. The molecule has 1 atom stereocenters. The summed E-state index contributed by atoms with van der Waals surface area (Å²) < 4.78 is 0. The fourth-order valence-electron chi connectivity index (χ4n) is 0.655. The molecule has 0 radical (unpaired) electrons. The standard InChI is InChI=1S/C8H8Br/c1-7(9)8-5-3-2-4-6-8/h2-3,5-7H,1H3/q+1. The van der Waals surface area contributed by atoms with Gasteiger partial charge < -0.3 is 0 Å². The Balaban J connectivity index is 2.72. The Labute approximate surface area is 64.1 Å². The van der Waals surface area contributed by atoms with E-state index >= 15 is 0 Å². The van der Waals surface area contributed by atoms with Crippen LogP contribution in [0.4, 0.5) is 0 Å². The lowest BCUT2D eigenvalue weighted by molar-refractivity contribution is 1.19. The Morgan fingerprint density at radius 1 is 1.67 bits per heavy atom. The minimum Gasteiger partial charge on any atom is -0.0685 e. The summed E-state index contributed by atoms with van der Waals surface area (Å²) >= 11 is 3.46. The normalized spacial score (nSPS) is 18.7. The monoisotopic (exact) mass is 183 g/mol. The maximum atomic E-state index is 3.46. The van der Waals surface area contributed by atoms with Crippen LogP contribution in [0.2, 0.25) is 0 Å². The van der Waals surface area contributed by atoms with Gasteiger partial charge in [-0.25, -0.2) is 0 Å². The van der Waals surface area contributed by atoms with Crippen LogP contribution in [0.3, 0.4) is 0 Å². The van der Waals surface area contributed by atoms with Crippen LogP contribution in [0.15, 0.2) is 29.9 Å². The molecule has 0 N–H and O–H groups in total. The van der Waals surface area contributed by atoms with Gasteiger partial charge in [0.15, 0.2) is 0 Å². The maximum absolute atomic E-state index is 3.46. The van der Waals surface area contributed by atoms with E-state index in [-0.39, 0.29) is 0 Å². The van der Waals surface area contributed by atoms with Gasteiger partial charge in [0.1, 0.15) is 12.2 Å². The zero-order valence-electron chi connectivity index (χ0n) is 5.26. The summed E-state index contributed by atoms with van der Waals surface area (Å²) in [6.07, 6.45) is 11.0. The van der Waals surface area contributed by atoms with Crippen LogP contribution >= 0.6 is 15.9 Å². The average Bonchev–Trinajstić information content (AvgIpc) is 1.90. The molecule has 0 saturated carbocycles. The largest absolute Gasteiger partial charge is 0.107 e. The first-order valence-electron chi connectivity index (χ1n) is 2.91. The molecule has 1 unspecified atom stereocenters. The van der Waals surface area contributed by atoms with Crippen molar-refractivity contribution in [2.75, 3.05) is 0 Å². The molecular weight excluding hydrogens is 176 g/mol. The van der Waals surface area contributed by atoms with Crippen LogP contribution < -0.4 is 0 Å². The smallest absolute Gasteiger partial charge is 0.0685 e. The van der Waals surface area contributed by atoms with E-state index in [4.69, 9.17) is 0 Å². The van der Waals surface area contributed by atoms with Gasteiger partial charge in [0.05, 0.1) is 16.5 Å². The van der Waals surface area contributed by atoms with E-state index in [1.165, 1.54) is 5.57 Å². The predicted octanol–water partition coefficient (Wildman–Crippen LogP) is 2.63. The summed E-state index contributed by atoms with van der Waals surface area (Å²) in [6, 6.07) is 0. The second-order valence-electron chi connectivity index (χ2n) is 1.95. The van der Waals surface area contributed by atoms with E-state index in [9.17, 15) is 0 Å². The summed E-state index contributed by atoms with van der Waals surface area (Å²) in [5.41, 5.74) is 1.28. The van der Waals surface area contributed by atoms with E-state index < -0.39 is 0 Å². The Bertz CT molecular complexity index is 173. The van der Waals surface area contributed by atoms with Gasteiger partial charge in [0.25, 0.3) is 0 Å². The molecule has 0 saturated heterocycles. The molecule has 0 amide bonds. The first-order chi connectivity index (χ1) is 4.30. The van der Waals surface area contributed by atoms with Crippen molar-refractivity contribution in [3.8, 4) is 0 Å². The van der Waals surface area contributed by atoms with Gasteiger partial charge >= 0.3 is 0 Å². The molecule has 0 fully saturated rings. The van der Waals surface area contributed by atoms with E-state index in [1.807, 2.05) is 18.2 Å². The van der Waals surface area contributed by atoms with Crippen molar-refractivity contribution in [1.82, 2.24) is 0 Å². The molecule has 1 aliphatic carbocycles. The summed E-state index contributed by atoms with van der Waals surface area (Å²) in [4.78, 5) is 0.440. The Kier molecular flexibility index (Phi) is 2.21. The molecule has 1 aliphatic rings. The molecule has 0 aliphatic heterocycles. The molecule has 0 aromatic rings. The van der Waals surface area contributed by atoms with Crippen molar-refractivity contribution in [2.24, 2.45) is 0 Å². The highest BCUT2D eigenvalue weighted by Gasteiger charge is 2.07. The van der Waals surface area contributed by atoms with Gasteiger partial charge in [-0.2, -0.15) is 0 Å². The minimum atomic E-state index is 0.440. The highest BCUT2D eigenvalue weighted by Crippen LogP contribution is 2.14. The minimum absolute atomic E-state index is 0.440. The number of hydrogen-bond acceptors (Lipinski definition) is 0.